The minimum Gasteiger partial charge on any atom is -0.406 e. The molecule has 9 heteroatoms. The summed E-state index contributed by atoms with van der Waals surface area (Å²) in [6.07, 6.45) is -3.65. The van der Waals surface area contributed by atoms with E-state index in [1.165, 1.54) is 35.2 Å². The Hall–Kier alpha value is -1.48. The van der Waals surface area contributed by atoms with E-state index in [9.17, 15) is 13.2 Å². The van der Waals surface area contributed by atoms with Crippen LogP contribution in [-0.4, -0.2) is 23.1 Å². The number of ether oxygens (including phenoxy) is 1. The molecule has 0 bridgehead atoms. The van der Waals surface area contributed by atoms with Crippen molar-refractivity contribution in [3.63, 3.8) is 0 Å². The Bertz CT molecular complexity index is 587. The fourth-order valence-corrected chi connectivity index (χ4v) is 3.24. The number of thioether (sulfide) groups is 1. The monoisotopic (exact) mass is 349 g/mol. The largest absolute Gasteiger partial charge is 0.573 e. The quantitative estimate of drug-likeness (QED) is 0.743. The molecule has 0 amide bonds. The van der Waals surface area contributed by atoms with Crippen LogP contribution in [0.25, 0.3) is 0 Å². The average molecular weight is 349 g/mol. The van der Waals surface area contributed by atoms with Crippen LogP contribution < -0.4 is 10.1 Å². The molecule has 120 valence electrons. The maximum Gasteiger partial charge on any atom is 0.573 e. The summed E-state index contributed by atoms with van der Waals surface area (Å²) in [6.45, 7) is 2.91. The molecule has 0 aliphatic heterocycles. The van der Waals surface area contributed by atoms with Gasteiger partial charge in [0.2, 0.25) is 5.13 Å². The van der Waals surface area contributed by atoms with Crippen LogP contribution >= 0.6 is 23.1 Å². The molecular formula is C13H14F3N3OS2. The van der Waals surface area contributed by atoms with Gasteiger partial charge in [0.1, 0.15) is 5.75 Å². The van der Waals surface area contributed by atoms with Crippen LogP contribution in [-0.2, 0) is 5.75 Å². The molecule has 0 fully saturated rings. The smallest absolute Gasteiger partial charge is 0.406 e. The third kappa shape index (κ3) is 5.72. The zero-order valence-corrected chi connectivity index (χ0v) is 13.3. The molecule has 0 aliphatic carbocycles. The third-order valence-electron chi connectivity index (χ3n) is 2.45. The lowest BCUT2D eigenvalue weighted by Gasteiger charge is -2.08. The Morgan fingerprint density at radius 2 is 1.95 bits per heavy atom. The lowest BCUT2D eigenvalue weighted by Crippen LogP contribution is -2.16. The number of anilines is 1. The number of halogens is 3. The molecule has 4 nitrogen and oxygen atoms in total. The predicted octanol–water partition coefficient (Wildman–Crippen LogP) is 4.55. The van der Waals surface area contributed by atoms with Crippen LogP contribution in [0, 0.1) is 0 Å². The normalized spacial score (nSPS) is 11.5. The first-order chi connectivity index (χ1) is 10.5. The van der Waals surface area contributed by atoms with Gasteiger partial charge >= 0.3 is 6.36 Å². The molecule has 1 heterocycles. The van der Waals surface area contributed by atoms with E-state index in [1.54, 1.807) is 12.1 Å². The summed E-state index contributed by atoms with van der Waals surface area (Å²) < 4.78 is 40.8. The van der Waals surface area contributed by atoms with E-state index in [4.69, 9.17) is 0 Å². The van der Waals surface area contributed by atoms with Gasteiger partial charge in [0, 0.05) is 12.3 Å². The number of hydrogen-bond acceptors (Lipinski definition) is 6. The standard InChI is InChI=1S/C13H14F3N3OS2/c1-2-7-17-11-18-19-12(22-11)21-8-9-3-5-10(6-4-9)20-13(14,15)16/h3-6H,2,7-8H2,1H3,(H,17,18). The van der Waals surface area contributed by atoms with E-state index in [2.05, 4.69) is 27.2 Å². The van der Waals surface area contributed by atoms with Gasteiger partial charge < -0.3 is 10.1 Å². The Morgan fingerprint density at radius 3 is 2.59 bits per heavy atom. The highest BCUT2D eigenvalue weighted by Gasteiger charge is 2.30. The van der Waals surface area contributed by atoms with E-state index in [1.807, 2.05) is 0 Å². The highest BCUT2D eigenvalue weighted by molar-refractivity contribution is 8.00. The molecule has 0 atom stereocenters. The molecule has 0 saturated heterocycles. The highest BCUT2D eigenvalue weighted by Crippen LogP contribution is 2.29. The van der Waals surface area contributed by atoms with Crippen molar-refractivity contribution in [3.8, 4) is 5.75 Å². The lowest BCUT2D eigenvalue weighted by molar-refractivity contribution is -0.274. The molecule has 0 saturated carbocycles. The molecule has 1 aromatic carbocycles. The van der Waals surface area contributed by atoms with E-state index < -0.39 is 6.36 Å². The first-order valence-corrected chi connectivity index (χ1v) is 8.31. The number of hydrogen-bond donors (Lipinski definition) is 1. The maximum absolute atomic E-state index is 12.1. The summed E-state index contributed by atoms with van der Waals surface area (Å²) in [4.78, 5) is 0. The minimum atomic E-state index is -4.66. The maximum atomic E-state index is 12.1. The summed E-state index contributed by atoms with van der Waals surface area (Å²) in [5.74, 6) is 0.387. The molecule has 2 rings (SSSR count). The van der Waals surface area contributed by atoms with Crippen LogP contribution in [0.2, 0.25) is 0 Å². The van der Waals surface area contributed by atoms with Crippen molar-refractivity contribution < 1.29 is 17.9 Å². The van der Waals surface area contributed by atoms with E-state index in [-0.39, 0.29) is 5.75 Å². The van der Waals surface area contributed by atoms with Gasteiger partial charge in [-0.05, 0) is 24.1 Å². The second-order valence-electron chi connectivity index (χ2n) is 4.28. The van der Waals surface area contributed by atoms with Crippen molar-refractivity contribution in [1.82, 2.24) is 10.2 Å². The first-order valence-electron chi connectivity index (χ1n) is 6.51. The van der Waals surface area contributed by atoms with Crippen LogP contribution in [0.3, 0.4) is 0 Å². The van der Waals surface area contributed by atoms with Gasteiger partial charge in [-0.15, -0.1) is 23.4 Å². The van der Waals surface area contributed by atoms with E-state index >= 15 is 0 Å². The van der Waals surface area contributed by atoms with Gasteiger partial charge in [-0.1, -0.05) is 42.2 Å². The summed E-state index contributed by atoms with van der Waals surface area (Å²) >= 11 is 2.95. The second-order valence-corrected chi connectivity index (χ2v) is 6.48. The van der Waals surface area contributed by atoms with Gasteiger partial charge in [0.15, 0.2) is 4.34 Å². The van der Waals surface area contributed by atoms with Crippen molar-refractivity contribution in [2.45, 2.75) is 29.8 Å². The molecule has 0 spiro atoms. The molecule has 0 radical (unpaired) electrons. The number of nitrogens with zero attached hydrogens (tertiary/aromatic N) is 2. The Kier molecular flexibility index (Phi) is 5.90. The topological polar surface area (TPSA) is 47.0 Å². The SMILES string of the molecule is CCCNc1nnc(SCc2ccc(OC(F)(F)F)cc2)s1. The van der Waals surface area contributed by atoms with Crippen LogP contribution in [0.4, 0.5) is 18.3 Å². The zero-order chi connectivity index (χ0) is 16.0. The summed E-state index contributed by atoms with van der Waals surface area (Å²) in [7, 11) is 0. The minimum absolute atomic E-state index is 0.219. The lowest BCUT2D eigenvalue weighted by atomic mass is 10.2. The fourth-order valence-electron chi connectivity index (χ4n) is 1.50. The highest BCUT2D eigenvalue weighted by atomic mass is 32.2. The van der Waals surface area contributed by atoms with Crippen molar-refractivity contribution in [1.29, 1.82) is 0 Å². The zero-order valence-electron chi connectivity index (χ0n) is 11.7. The van der Waals surface area contributed by atoms with Crippen LogP contribution in [0.1, 0.15) is 18.9 Å². The number of nitrogens with one attached hydrogen (secondary N) is 1. The number of rotatable bonds is 7. The molecular weight excluding hydrogens is 335 g/mol. The van der Waals surface area contributed by atoms with Crippen LogP contribution in [0.5, 0.6) is 5.75 Å². The van der Waals surface area contributed by atoms with Crippen molar-refractivity contribution in [3.05, 3.63) is 29.8 Å². The fraction of sp³-hybridized carbons (Fsp3) is 0.385. The Labute approximate surface area is 134 Å². The average Bonchev–Trinajstić information content (AvgIpc) is 2.91. The Balaban J connectivity index is 1.85. The van der Waals surface area contributed by atoms with Crippen molar-refractivity contribution in [2.24, 2.45) is 0 Å². The van der Waals surface area contributed by atoms with Crippen molar-refractivity contribution in [2.75, 3.05) is 11.9 Å². The number of alkyl halides is 3. The molecule has 22 heavy (non-hydrogen) atoms. The number of benzene rings is 1. The van der Waals surface area contributed by atoms with Gasteiger partial charge in [-0.3, -0.25) is 0 Å². The van der Waals surface area contributed by atoms with Gasteiger partial charge in [-0.2, -0.15) is 0 Å². The van der Waals surface area contributed by atoms with Crippen LogP contribution in [0.15, 0.2) is 28.6 Å². The van der Waals surface area contributed by atoms with Gasteiger partial charge in [0.05, 0.1) is 0 Å². The van der Waals surface area contributed by atoms with Gasteiger partial charge in [-0.25, -0.2) is 0 Å². The number of aromatic nitrogens is 2. The summed E-state index contributed by atoms with van der Waals surface area (Å²) in [5.41, 5.74) is 0.887. The molecule has 0 aliphatic rings. The summed E-state index contributed by atoms with van der Waals surface area (Å²) in [6, 6.07) is 5.81. The second kappa shape index (κ2) is 7.68. The third-order valence-corrected chi connectivity index (χ3v) is 4.54. The van der Waals surface area contributed by atoms with Crippen molar-refractivity contribution >= 4 is 28.2 Å². The molecule has 0 unspecified atom stereocenters. The summed E-state index contributed by atoms with van der Waals surface area (Å²) in [5, 5.41) is 12.0. The van der Waals surface area contributed by atoms with E-state index in [0.29, 0.717) is 5.75 Å². The van der Waals surface area contributed by atoms with E-state index in [0.717, 1.165) is 28.0 Å². The Morgan fingerprint density at radius 1 is 1.23 bits per heavy atom. The predicted molar refractivity (Wildman–Crippen MR) is 81.4 cm³/mol. The molecule has 1 aromatic heterocycles. The van der Waals surface area contributed by atoms with Gasteiger partial charge in [0.25, 0.3) is 0 Å². The molecule has 2 aromatic rings. The molecule has 1 N–H and O–H groups in total. The first kappa shape index (κ1) is 16.9.